The molecular formula is C16H24N4O3. The molecule has 2 aliphatic carbocycles. The number of allylic oxidation sites excluding steroid dienone is 2. The summed E-state index contributed by atoms with van der Waals surface area (Å²) in [5, 5.41) is 14.6. The van der Waals surface area contributed by atoms with E-state index in [4.69, 9.17) is 5.73 Å². The van der Waals surface area contributed by atoms with Crippen molar-refractivity contribution in [1.29, 1.82) is 0 Å². The van der Waals surface area contributed by atoms with E-state index < -0.39 is 11.5 Å². The number of carboxylic acids is 1. The predicted octanol–water partition coefficient (Wildman–Crippen LogP) is 1.54. The van der Waals surface area contributed by atoms with Gasteiger partial charge in [0, 0.05) is 6.21 Å². The summed E-state index contributed by atoms with van der Waals surface area (Å²) < 4.78 is 0. The number of hydrogen-bond donors (Lipinski definition) is 2. The molecule has 126 valence electrons. The van der Waals surface area contributed by atoms with Crippen LogP contribution in [0.3, 0.4) is 0 Å². The summed E-state index contributed by atoms with van der Waals surface area (Å²) in [4.78, 5) is 27.1. The first-order valence-corrected chi connectivity index (χ1v) is 7.88. The summed E-state index contributed by atoms with van der Waals surface area (Å²) in [7, 11) is 0. The lowest BCUT2D eigenvalue weighted by atomic mass is 10.0. The fraction of sp³-hybridized carbons (Fsp3) is 0.625. The molecule has 3 N–H and O–H groups in total. The molecule has 0 atom stereocenters. The number of hydrazone groups is 1. The Morgan fingerprint density at radius 1 is 1.39 bits per heavy atom. The molecule has 0 unspecified atom stereocenters. The van der Waals surface area contributed by atoms with Crippen molar-refractivity contribution < 1.29 is 14.7 Å². The first-order chi connectivity index (χ1) is 10.8. The van der Waals surface area contributed by atoms with Gasteiger partial charge in [-0.15, -0.1) is 0 Å². The summed E-state index contributed by atoms with van der Waals surface area (Å²) in [6.07, 6.45) is 5.22. The van der Waals surface area contributed by atoms with E-state index in [0.717, 1.165) is 23.4 Å². The highest BCUT2D eigenvalue weighted by molar-refractivity contribution is 6.05. The standard InChI is InChI=1S/C16H24N4O3/c1-10(2)14(13(17)11(3)8-18-12-4-5-12)19-20(9-21)16(6-7-16)15(22)23/h8-10,12H,4-7,17H2,1-3H3,(H,22,23)/b13-11-,18-8?,19-14-. The molecule has 0 saturated heterocycles. The van der Waals surface area contributed by atoms with Crippen LogP contribution in [0.2, 0.25) is 0 Å². The molecule has 0 aliphatic heterocycles. The average Bonchev–Trinajstić information content (AvgIpc) is 3.37. The number of carboxylic acid groups (broad SMARTS) is 1. The Labute approximate surface area is 135 Å². The summed E-state index contributed by atoms with van der Waals surface area (Å²) in [6.45, 7) is 5.65. The van der Waals surface area contributed by atoms with Gasteiger partial charge in [0.05, 0.1) is 17.5 Å². The number of nitrogens with two attached hydrogens (primary N) is 1. The van der Waals surface area contributed by atoms with Crippen LogP contribution in [0.15, 0.2) is 21.4 Å². The third kappa shape index (κ3) is 3.78. The lowest BCUT2D eigenvalue weighted by molar-refractivity contribution is -0.148. The van der Waals surface area contributed by atoms with Crippen molar-refractivity contribution in [2.45, 2.75) is 58.0 Å². The summed E-state index contributed by atoms with van der Waals surface area (Å²) >= 11 is 0. The SMILES string of the molecule is C/C(C=NC1CC1)=C(N)\C(=N/N(C=O)C1(C(=O)O)CC1)C(C)C. The minimum atomic E-state index is -1.21. The number of aliphatic carboxylic acids is 1. The summed E-state index contributed by atoms with van der Waals surface area (Å²) in [5.74, 6) is -1.09. The van der Waals surface area contributed by atoms with Crippen molar-refractivity contribution >= 4 is 24.3 Å². The van der Waals surface area contributed by atoms with E-state index in [1.54, 1.807) is 6.21 Å². The zero-order chi connectivity index (χ0) is 17.2. The first kappa shape index (κ1) is 17.2. The lowest BCUT2D eigenvalue weighted by Crippen LogP contribution is -2.40. The average molecular weight is 320 g/mol. The van der Waals surface area contributed by atoms with Crippen LogP contribution in [-0.2, 0) is 9.59 Å². The molecule has 23 heavy (non-hydrogen) atoms. The highest BCUT2D eigenvalue weighted by Gasteiger charge is 2.56. The van der Waals surface area contributed by atoms with Crippen LogP contribution in [0.5, 0.6) is 0 Å². The van der Waals surface area contributed by atoms with Gasteiger partial charge in [-0.05, 0) is 44.1 Å². The van der Waals surface area contributed by atoms with Crippen LogP contribution in [0.4, 0.5) is 0 Å². The third-order valence-electron chi connectivity index (χ3n) is 4.15. The fourth-order valence-electron chi connectivity index (χ4n) is 2.19. The van der Waals surface area contributed by atoms with Crippen molar-refractivity contribution in [2.24, 2.45) is 21.7 Å². The van der Waals surface area contributed by atoms with Gasteiger partial charge in [0.1, 0.15) is 0 Å². The van der Waals surface area contributed by atoms with Gasteiger partial charge in [-0.2, -0.15) is 5.10 Å². The molecule has 2 aliphatic rings. The molecule has 7 nitrogen and oxygen atoms in total. The minimum absolute atomic E-state index is 0.0497. The van der Waals surface area contributed by atoms with E-state index in [2.05, 4.69) is 10.1 Å². The zero-order valence-corrected chi connectivity index (χ0v) is 13.8. The second kappa shape index (κ2) is 6.52. The maximum atomic E-state index is 11.4. The van der Waals surface area contributed by atoms with Gasteiger partial charge in [-0.25, -0.2) is 9.80 Å². The number of carbonyl (C=O) groups excluding carboxylic acids is 1. The van der Waals surface area contributed by atoms with E-state index in [1.165, 1.54) is 0 Å². The molecule has 7 heteroatoms. The third-order valence-corrected chi connectivity index (χ3v) is 4.15. The van der Waals surface area contributed by atoms with Gasteiger partial charge in [0.2, 0.25) is 6.41 Å². The van der Waals surface area contributed by atoms with E-state index in [9.17, 15) is 14.7 Å². The van der Waals surface area contributed by atoms with Crippen LogP contribution in [0.25, 0.3) is 0 Å². The first-order valence-electron chi connectivity index (χ1n) is 7.88. The second-order valence-corrected chi connectivity index (χ2v) is 6.53. The van der Waals surface area contributed by atoms with Gasteiger partial charge >= 0.3 is 5.97 Å². The van der Waals surface area contributed by atoms with Gasteiger partial charge in [-0.1, -0.05) is 13.8 Å². The molecule has 0 aromatic heterocycles. The van der Waals surface area contributed by atoms with Crippen LogP contribution in [0.1, 0.15) is 46.5 Å². The molecule has 2 rings (SSSR count). The minimum Gasteiger partial charge on any atom is -0.479 e. The van der Waals surface area contributed by atoms with Gasteiger partial charge in [-0.3, -0.25) is 9.79 Å². The quantitative estimate of drug-likeness (QED) is 0.401. The number of amides is 1. The number of carbonyl (C=O) groups is 2. The molecule has 0 bridgehead atoms. The van der Waals surface area contributed by atoms with Gasteiger partial charge in [0.15, 0.2) is 5.54 Å². The predicted molar refractivity (Wildman–Crippen MR) is 88.2 cm³/mol. The second-order valence-electron chi connectivity index (χ2n) is 6.53. The highest BCUT2D eigenvalue weighted by atomic mass is 16.4. The molecule has 2 fully saturated rings. The monoisotopic (exact) mass is 320 g/mol. The van der Waals surface area contributed by atoms with E-state index in [-0.39, 0.29) is 5.92 Å². The maximum absolute atomic E-state index is 11.4. The fourth-order valence-corrected chi connectivity index (χ4v) is 2.19. The van der Waals surface area contributed by atoms with Crippen LogP contribution >= 0.6 is 0 Å². The van der Waals surface area contributed by atoms with E-state index in [1.807, 2.05) is 20.8 Å². The Hall–Kier alpha value is -2.18. The van der Waals surface area contributed by atoms with Crippen LogP contribution < -0.4 is 5.73 Å². The Balaban J connectivity index is 2.30. The topological polar surface area (TPSA) is 108 Å². The van der Waals surface area contributed by atoms with E-state index in [0.29, 0.717) is 36.7 Å². The molecule has 0 radical (unpaired) electrons. The molecule has 0 aromatic rings. The number of aliphatic imine (C=N–C) groups is 1. The number of nitrogens with zero attached hydrogens (tertiary/aromatic N) is 3. The van der Waals surface area contributed by atoms with Crippen molar-refractivity contribution in [3.8, 4) is 0 Å². The lowest BCUT2D eigenvalue weighted by Gasteiger charge is -2.22. The molecule has 0 aromatic carbocycles. The molecular weight excluding hydrogens is 296 g/mol. The Morgan fingerprint density at radius 2 is 2.00 bits per heavy atom. The smallest absolute Gasteiger partial charge is 0.331 e. The zero-order valence-electron chi connectivity index (χ0n) is 13.8. The Bertz CT molecular complexity index is 584. The highest BCUT2D eigenvalue weighted by Crippen LogP contribution is 2.41. The maximum Gasteiger partial charge on any atom is 0.331 e. The van der Waals surface area contributed by atoms with E-state index >= 15 is 0 Å². The Kier molecular flexibility index (Phi) is 4.87. The summed E-state index contributed by atoms with van der Waals surface area (Å²) in [6, 6.07) is 0.394. The van der Waals surface area contributed by atoms with Crippen LogP contribution in [-0.4, -0.2) is 46.0 Å². The largest absolute Gasteiger partial charge is 0.479 e. The molecule has 1 amide bonds. The van der Waals surface area contributed by atoms with Crippen LogP contribution in [0, 0.1) is 5.92 Å². The van der Waals surface area contributed by atoms with Gasteiger partial charge < -0.3 is 10.8 Å². The number of rotatable bonds is 8. The summed E-state index contributed by atoms with van der Waals surface area (Å²) in [5.41, 5.74) is 6.69. The Morgan fingerprint density at radius 3 is 2.39 bits per heavy atom. The molecule has 0 spiro atoms. The molecule has 0 heterocycles. The van der Waals surface area contributed by atoms with Crippen molar-refractivity contribution in [3.63, 3.8) is 0 Å². The van der Waals surface area contributed by atoms with Crippen molar-refractivity contribution in [2.75, 3.05) is 0 Å². The van der Waals surface area contributed by atoms with Gasteiger partial charge in [0.25, 0.3) is 0 Å². The van der Waals surface area contributed by atoms with Crippen molar-refractivity contribution in [3.05, 3.63) is 11.3 Å². The molecule has 2 saturated carbocycles. The number of hydrogen-bond acceptors (Lipinski definition) is 5. The normalized spacial score (nSPS) is 21.3. The van der Waals surface area contributed by atoms with Crippen molar-refractivity contribution in [1.82, 2.24) is 5.01 Å².